The van der Waals surface area contributed by atoms with Crippen molar-refractivity contribution in [2.24, 2.45) is 0 Å². The van der Waals surface area contributed by atoms with Gasteiger partial charge in [0.1, 0.15) is 6.17 Å². The van der Waals surface area contributed by atoms with E-state index in [1.165, 1.54) is 173 Å². The van der Waals surface area contributed by atoms with Crippen molar-refractivity contribution < 1.29 is 26.1 Å². The average Bonchev–Trinajstić information content (AvgIpc) is 4.30. The van der Waals surface area contributed by atoms with Crippen LogP contribution in [0.2, 0.25) is 25.2 Å². The van der Waals surface area contributed by atoms with Gasteiger partial charge in [-0.3, -0.25) is 0 Å². The first kappa shape index (κ1) is 70.7. The highest BCUT2D eigenvalue weighted by atomic mass is 32.2. The summed E-state index contributed by atoms with van der Waals surface area (Å²) in [7, 11) is -0.989. The van der Waals surface area contributed by atoms with E-state index in [9.17, 15) is 13.2 Å². The third-order valence-corrected chi connectivity index (χ3v) is 29.2. The Bertz CT molecular complexity index is 2050. The minimum absolute atomic E-state index is 0.108. The third-order valence-electron chi connectivity index (χ3n) is 14.2. The Morgan fingerprint density at radius 2 is 0.795 bits per heavy atom. The molecule has 0 bridgehead atoms. The Balaban J connectivity index is 0.902. The lowest BCUT2D eigenvalue weighted by Gasteiger charge is -2.22. The van der Waals surface area contributed by atoms with Crippen LogP contribution in [0.3, 0.4) is 0 Å². The second-order valence-electron chi connectivity index (χ2n) is 21.9. The van der Waals surface area contributed by atoms with Crippen LogP contribution in [0.25, 0.3) is 29.3 Å². The zero-order valence-corrected chi connectivity index (χ0v) is 56.9. The topological polar surface area (TPSA) is 9.23 Å². The number of unbranched alkanes of at least 4 members (excludes halogenated alkanes) is 22. The summed E-state index contributed by atoms with van der Waals surface area (Å²) >= 11 is 13.6. The second-order valence-corrected chi connectivity index (χ2v) is 36.6. The lowest BCUT2D eigenvalue weighted by atomic mass is 10.0. The third kappa shape index (κ3) is 31.4. The summed E-state index contributed by atoms with van der Waals surface area (Å²) < 4.78 is 81.4. The summed E-state index contributed by atoms with van der Waals surface area (Å²) in [5, 5.41) is 0. The first-order chi connectivity index (χ1) is 37.8. The Morgan fingerprint density at radius 3 is 1.28 bits per heavy atom. The largest absolute Gasteiger partial charge is 0.456 e. The Hall–Kier alpha value is 0.244. The average molecular weight is 1270 g/mol. The van der Waals surface area contributed by atoms with Gasteiger partial charge in [-0.15, -0.1) is 45.3 Å². The maximum Gasteiger partial charge on any atom is 0.282 e. The molecule has 0 amide bonds. The smallest absolute Gasteiger partial charge is 0.282 e. The lowest BCUT2D eigenvalue weighted by Crippen LogP contribution is -2.31. The molecule has 16 heteroatoms. The monoisotopic (exact) mass is 1270 g/mol. The van der Waals surface area contributed by atoms with E-state index in [1.807, 2.05) is 48.2 Å². The summed E-state index contributed by atoms with van der Waals surface area (Å²) in [4.78, 5) is 6.01. The van der Waals surface area contributed by atoms with Gasteiger partial charge in [0, 0.05) is 82.4 Å². The maximum atomic E-state index is 15.4. The van der Waals surface area contributed by atoms with Gasteiger partial charge in [0.15, 0.2) is 8.32 Å². The highest BCUT2D eigenvalue weighted by molar-refractivity contribution is 8.05. The number of rotatable bonds is 52. The van der Waals surface area contributed by atoms with E-state index in [-0.39, 0.29) is 22.6 Å². The van der Waals surface area contributed by atoms with Crippen molar-refractivity contribution in [2.75, 3.05) is 46.0 Å². The minimum atomic E-state index is -2.83. The SMILES string of the molecule is CCCCCCCCSCCSCCSCCSCC(F)CCCCCCCCCC[Si]O[Si](C)(C)CCCCCCCCCCC(F)(F)c1ccc(-c2ccc(-c3ccc(-c4ccc(C(F)(F)CCCCCC)s4)s3)s2)s1. The molecular formula is C62H99F5OS8Si2. The maximum absolute atomic E-state index is 15.4. The minimum Gasteiger partial charge on any atom is -0.456 e. The molecule has 0 N–H and O–H groups in total. The number of thiophene rings is 4. The fourth-order valence-corrected chi connectivity index (χ4v) is 22.0. The van der Waals surface area contributed by atoms with Gasteiger partial charge in [-0.05, 0) is 105 Å². The van der Waals surface area contributed by atoms with Crippen molar-refractivity contribution in [1.82, 2.24) is 0 Å². The number of hydrogen-bond donors (Lipinski definition) is 0. The molecule has 444 valence electrons. The fraction of sp³-hybridized carbons (Fsp3) is 0.742. The predicted octanol–water partition coefficient (Wildman–Crippen LogP) is 25.0. The van der Waals surface area contributed by atoms with E-state index >= 15 is 8.78 Å². The Labute approximate surface area is 509 Å². The van der Waals surface area contributed by atoms with Gasteiger partial charge in [0.2, 0.25) is 9.76 Å². The van der Waals surface area contributed by atoms with E-state index in [0.717, 1.165) is 92.1 Å². The normalized spacial score (nSPS) is 12.9. The summed E-state index contributed by atoms with van der Waals surface area (Å²) in [6, 6.07) is 17.3. The van der Waals surface area contributed by atoms with Crippen molar-refractivity contribution in [3.63, 3.8) is 0 Å². The van der Waals surface area contributed by atoms with E-state index < -0.39 is 26.3 Å². The van der Waals surface area contributed by atoms with Crippen LogP contribution < -0.4 is 0 Å². The van der Waals surface area contributed by atoms with Crippen LogP contribution in [0, 0.1) is 0 Å². The van der Waals surface area contributed by atoms with Crippen molar-refractivity contribution in [3.05, 3.63) is 58.3 Å². The molecule has 0 saturated heterocycles. The molecule has 78 heavy (non-hydrogen) atoms. The highest BCUT2D eigenvalue weighted by Gasteiger charge is 2.34. The zero-order chi connectivity index (χ0) is 56.0. The molecule has 0 aromatic carbocycles. The first-order valence-corrected chi connectivity index (χ1v) is 42.5. The van der Waals surface area contributed by atoms with Crippen molar-refractivity contribution in [2.45, 2.75) is 243 Å². The van der Waals surface area contributed by atoms with Crippen LogP contribution in [-0.2, 0) is 16.0 Å². The molecule has 1 atom stereocenters. The quantitative estimate of drug-likeness (QED) is 0.0247. The van der Waals surface area contributed by atoms with Crippen LogP contribution in [0.5, 0.6) is 0 Å². The molecule has 0 fully saturated rings. The molecule has 4 aromatic rings. The number of thioether (sulfide) groups is 4. The van der Waals surface area contributed by atoms with Crippen LogP contribution >= 0.6 is 92.4 Å². The molecule has 4 rings (SSSR count). The lowest BCUT2D eigenvalue weighted by molar-refractivity contribution is -0.0126. The van der Waals surface area contributed by atoms with Crippen molar-refractivity contribution in [1.29, 1.82) is 0 Å². The van der Waals surface area contributed by atoms with Gasteiger partial charge >= 0.3 is 0 Å². The fourth-order valence-electron chi connectivity index (χ4n) is 9.38. The van der Waals surface area contributed by atoms with Crippen LogP contribution in [0.1, 0.15) is 210 Å². The molecular weight excluding hydrogens is 1170 g/mol. The Morgan fingerprint density at radius 1 is 0.436 bits per heavy atom. The van der Waals surface area contributed by atoms with Crippen LogP contribution in [-0.4, -0.2) is 70.3 Å². The summed E-state index contributed by atoms with van der Waals surface area (Å²) in [6.45, 7) is 9.10. The summed E-state index contributed by atoms with van der Waals surface area (Å²) in [5.74, 6) is 3.66. The van der Waals surface area contributed by atoms with E-state index in [0.29, 0.717) is 28.4 Å². The number of halogens is 5. The number of hydrogen-bond acceptors (Lipinski definition) is 9. The highest BCUT2D eigenvalue weighted by Crippen LogP contribution is 2.47. The van der Waals surface area contributed by atoms with Gasteiger partial charge in [-0.2, -0.15) is 47.0 Å². The van der Waals surface area contributed by atoms with Crippen LogP contribution in [0.4, 0.5) is 22.0 Å². The first-order valence-electron chi connectivity index (χ1n) is 30.4. The molecule has 0 spiro atoms. The van der Waals surface area contributed by atoms with Crippen molar-refractivity contribution in [3.8, 4) is 29.3 Å². The zero-order valence-electron chi connectivity index (χ0n) is 48.3. The van der Waals surface area contributed by atoms with Crippen molar-refractivity contribution >= 4 is 110 Å². The van der Waals surface area contributed by atoms with E-state index in [2.05, 4.69) is 50.5 Å². The summed E-state index contributed by atoms with van der Waals surface area (Å²) in [5.41, 5.74) is 0. The van der Waals surface area contributed by atoms with Gasteiger partial charge in [-0.25, -0.2) is 22.0 Å². The summed E-state index contributed by atoms with van der Waals surface area (Å²) in [6.07, 6.45) is 29.8. The Kier molecular flexibility index (Phi) is 38.9. The molecule has 2 radical (unpaired) electrons. The molecule has 1 unspecified atom stereocenters. The molecule has 0 aliphatic heterocycles. The van der Waals surface area contributed by atoms with Crippen LogP contribution in [0.15, 0.2) is 48.5 Å². The standard InChI is InChI=1S/C62H99F5OS8Si2/c1-5-7-9-11-22-28-42-69-43-44-70-45-46-71-47-48-72-51-52(63)31-25-20-16-12-14-18-23-29-49-77-68-78(3,4)50-30-24-19-15-13-17-21-27-41-62(66,67)60-39-37-58(76-60)56-35-33-54(74-56)53-32-34-55(73-53)57-36-38-59(75-57)61(64,65)40-26-10-8-6-2/h32-39,52H,5-31,40-51H2,1-4H3. The van der Waals surface area contributed by atoms with Gasteiger partial charge in [-0.1, -0.05) is 162 Å². The molecule has 1 nitrogen and oxygen atoms in total. The van der Waals surface area contributed by atoms with Gasteiger partial charge in [0.05, 0.1) is 9.75 Å². The molecule has 0 aliphatic rings. The number of alkyl halides is 5. The molecule has 4 aromatic heterocycles. The second kappa shape index (κ2) is 43.0. The molecule has 0 aliphatic carbocycles. The predicted molar refractivity (Wildman–Crippen MR) is 355 cm³/mol. The molecule has 4 heterocycles. The van der Waals surface area contributed by atoms with E-state index in [4.69, 9.17) is 4.12 Å². The van der Waals surface area contributed by atoms with Gasteiger partial charge < -0.3 is 4.12 Å². The van der Waals surface area contributed by atoms with E-state index in [1.54, 1.807) is 46.6 Å². The van der Waals surface area contributed by atoms with Gasteiger partial charge in [0.25, 0.3) is 11.8 Å². The molecule has 0 saturated carbocycles.